The van der Waals surface area contributed by atoms with E-state index in [0.29, 0.717) is 5.69 Å². The Bertz CT molecular complexity index is 1250. The molecule has 0 bridgehead atoms. The van der Waals surface area contributed by atoms with Gasteiger partial charge in [0.1, 0.15) is 0 Å². The van der Waals surface area contributed by atoms with Crippen LogP contribution >= 0.6 is 0 Å². The van der Waals surface area contributed by atoms with Crippen LogP contribution in [0.4, 0.5) is 5.69 Å². The number of para-hydroxylation sites is 2. The molecule has 29 heavy (non-hydrogen) atoms. The number of aliphatic hydroxyl groups is 1. The maximum atomic E-state index is 13.2. The highest BCUT2D eigenvalue weighted by Crippen LogP contribution is 2.43. The molecule has 2 N–H and O–H groups in total. The molecule has 5 rings (SSSR count). The SMILES string of the molecule is O=C(C1=C(O)C(=O)N(c2ccccc2)C1c1c[nH]c2ccccc12)c1ccco1. The van der Waals surface area contributed by atoms with E-state index < -0.39 is 23.5 Å². The summed E-state index contributed by atoms with van der Waals surface area (Å²) >= 11 is 0. The Morgan fingerprint density at radius 2 is 1.76 bits per heavy atom. The van der Waals surface area contributed by atoms with Crippen LogP contribution in [0.25, 0.3) is 10.9 Å². The molecule has 1 amide bonds. The van der Waals surface area contributed by atoms with Gasteiger partial charge in [0.2, 0.25) is 5.78 Å². The Kier molecular flexibility index (Phi) is 3.84. The molecule has 1 aliphatic rings. The fourth-order valence-corrected chi connectivity index (χ4v) is 3.85. The summed E-state index contributed by atoms with van der Waals surface area (Å²) in [5.41, 5.74) is 2.18. The standard InChI is InChI=1S/C23H16N2O4/c26-21(18-11-6-12-29-18)19-20(16-13-24-17-10-5-4-9-15(16)17)25(23(28)22(19)27)14-7-2-1-3-8-14/h1-13,20,24,27H. The van der Waals surface area contributed by atoms with Gasteiger partial charge in [-0.3, -0.25) is 14.5 Å². The van der Waals surface area contributed by atoms with Crippen LogP contribution < -0.4 is 4.90 Å². The highest BCUT2D eigenvalue weighted by atomic mass is 16.3. The quantitative estimate of drug-likeness (QED) is 0.506. The zero-order valence-electron chi connectivity index (χ0n) is 15.2. The second-order valence-corrected chi connectivity index (χ2v) is 6.77. The lowest BCUT2D eigenvalue weighted by Gasteiger charge is -2.26. The number of furan rings is 1. The average molecular weight is 384 g/mol. The van der Waals surface area contributed by atoms with Gasteiger partial charge < -0.3 is 14.5 Å². The first-order valence-corrected chi connectivity index (χ1v) is 9.13. The number of aliphatic hydroxyl groups excluding tert-OH is 1. The number of hydrogen-bond donors (Lipinski definition) is 2. The van der Waals surface area contributed by atoms with E-state index in [-0.39, 0.29) is 11.3 Å². The number of H-pyrrole nitrogens is 1. The monoisotopic (exact) mass is 384 g/mol. The summed E-state index contributed by atoms with van der Waals surface area (Å²) in [6.07, 6.45) is 3.16. The van der Waals surface area contributed by atoms with Gasteiger partial charge in [0.15, 0.2) is 11.5 Å². The number of amides is 1. The zero-order chi connectivity index (χ0) is 20.0. The first-order chi connectivity index (χ1) is 14.2. The number of carbonyl (C=O) groups is 2. The third-order valence-corrected chi connectivity index (χ3v) is 5.15. The molecule has 2 aromatic carbocycles. The van der Waals surface area contributed by atoms with Gasteiger partial charge in [0, 0.05) is 28.4 Å². The minimum atomic E-state index is -0.793. The van der Waals surface area contributed by atoms with Crippen molar-refractivity contribution in [3.8, 4) is 0 Å². The minimum Gasteiger partial charge on any atom is -0.503 e. The number of Topliss-reactive ketones (excluding diaryl/α,β-unsaturated/α-hetero) is 1. The smallest absolute Gasteiger partial charge is 0.294 e. The fourth-order valence-electron chi connectivity index (χ4n) is 3.85. The maximum absolute atomic E-state index is 13.2. The van der Waals surface area contributed by atoms with Gasteiger partial charge in [-0.05, 0) is 30.3 Å². The molecular formula is C23H16N2O4. The van der Waals surface area contributed by atoms with Crippen LogP contribution in [0.5, 0.6) is 0 Å². The van der Waals surface area contributed by atoms with Crippen molar-refractivity contribution in [2.45, 2.75) is 6.04 Å². The molecule has 6 nitrogen and oxygen atoms in total. The lowest BCUT2D eigenvalue weighted by atomic mass is 9.94. The lowest BCUT2D eigenvalue weighted by molar-refractivity contribution is -0.117. The number of ketones is 1. The molecule has 1 atom stereocenters. The van der Waals surface area contributed by atoms with Crippen molar-refractivity contribution in [2.24, 2.45) is 0 Å². The molecule has 0 radical (unpaired) electrons. The Labute approximate surface area is 165 Å². The number of nitrogens with zero attached hydrogens (tertiary/aromatic N) is 1. The average Bonchev–Trinajstić information content (AvgIpc) is 3.48. The number of nitrogens with one attached hydrogen (secondary N) is 1. The third-order valence-electron chi connectivity index (χ3n) is 5.15. The number of rotatable bonds is 4. The number of benzene rings is 2. The molecule has 6 heteroatoms. The second kappa shape index (κ2) is 6.53. The molecule has 4 aromatic rings. The van der Waals surface area contributed by atoms with Crippen molar-refractivity contribution < 1.29 is 19.1 Å². The van der Waals surface area contributed by atoms with E-state index in [2.05, 4.69) is 4.98 Å². The molecule has 142 valence electrons. The second-order valence-electron chi connectivity index (χ2n) is 6.77. The molecular weight excluding hydrogens is 368 g/mol. The van der Waals surface area contributed by atoms with Crippen molar-refractivity contribution in [1.82, 2.24) is 4.98 Å². The van der Waals surface area contributed by atoms with Crippen LogP contribution in [0.15, 0.2) is 94.9 Å². The number of hydrogen-bond acceptors (Lipinski definition) is 4. The van der Waals surface area contributed by atoms with E-state index in [1.54, 1.807) is 36.5 Å². The molecule has 1 aliphatic heterocycles. The predicted molar refractivity (Wildman–Crippen MR) is 108 cm³/mol. The molecule has 1 unspecified atom stereocenters. The van der Waals surface area contributed by atoms with Gasteiger partial charge in [-0.25, -0.2) is 0 Å². The molecule has 3 heterocycles. The number of anilines is 1. The van der Waals surface area contributed by atoms with E-state index in [1.165, 1.54) is 17.2 Å². The van der Waals surface area contributed by atoms with Gasteiger partial charge in [-0.2, -0.15) is 0 Å². The molecule has 0 saturated heterocycles. The zero-order valence-corrected chi connectivity index (χ0v) is 15.2. The van der Waals surface area contributed by atoms with Gasteiger partial charge in [-0.1, -0.05) is 36.4 Å². The van der Waals surface area contributed by atoms with Crippen LogP contribution in [-0.4, -0.2) is 21.8 Å². The van der Waals surface area contributed by atoms with Crippen LogP contribution in [0.3, 0.4) is 0 Å². The molecule has 0 aliphatic carbocycles. The van der Waals surface area contributed by atoms with Crippen molar-refractivity contribution in [3.63, 3.8) is 0 Å². The van der Waals surface area contributed by atoms with Gasteiger partial charge in [0.25, 0.3) is 5.91 Å². The van der Waals surface area contributed by atoms with Crippen LogP contribution in [0, 0.1) is 0 Å². The van der Waals surface area contributed by atoms with Crippen molar-refractivity contribution in [2.75, 3.05) is 4.90 Å². The van der Waals surface area contributed by atoms with Crippen molar-refractivity contribution in [3.05, 3.63) is 102 Å². The fraction of sp³-hybridized carbons (Fsp3) is 0.0435. The van der Waals surface area contributed by atoms with E-state index in [0.717, 1.165) is 16.5 Å². The first kappa shape index (κ1) is 17.1. The van der Waals surface area contributed by atoms with Crippen LogP contribution in [0.1, 0.15) is 22.2 Å². The summed E-state index contributed by atoms with van der Waals surface area (Å²) in [6.45, 7) is 0. The lowest BCUT2D eigenvalue weighted by Crippen LogP contribution is -2.30. The topological polar surface area (TPSA) is 86.5 Å². The van der Waals surface area contributed by atoms with Crippen LogP contribution in [-0.2, 0) is 4.79 Å². The van der Waals surface area contributed by atoms with E-state index >= 15 is 0 Å². The van der Waals surface area contributed by atoms with Crippen LogP contribution in [0.2, 0.25) is 0 Å². The Morgan fingerprint density at radius 1 is 1.00 bits per heavy atom. The summed E-state index contributed by atoms with van der Waals surface area (Å²) in [5, 5.41) is 11.6. The highest BCUT2D eigenvalue weighted by molar-refractivity contribution is 6.20. The minimum absolute atomic E-state index is 0.00134. The molecule has 0 spiro atoms. The summed E-state index contributed by atoms with van der Waals surface area (Å²) in [6, 6.07) is 18.9. The molecule has 2 aromatic heterocycles. The number of carbonyl (C=O) groups excluding carboxylic acids is 2. The Hall–Kier alpha value is -4.06. The van der Waals surface area contributed by atoms with E-state index in [9.17, 15) is 14.7 Å². The van der Waals surface area contributed by atoms with E-state index in [4.69, 9.17) is 4.42 Å². The summed E-state index contributed by atoms with van der Waals surface area (Å²) in [5.74, 6) is -1.64. The normalized spacial score (nSPS) is 16.8. The summed E-state index contributed by atoms with van der Waals surface area (Å²) in [7, 11) is 0. The van der Waals surface area contributed by atoms with E-state index in [1.807, 2.05) is 30.3 Å². The van der Waals surface area contributed by atoms with Crippen molar-refractivity contribution >= 4 is 28.3 Å². The Morgan fingerprint density at radius 3 is 2.52 bits per heavy atom. The Balaban J connectivity index is 1.74. The number of fused-ring (bicyclic) bond motifs is 1. The molecule has 0 fully saturated rings. The van der Waals surface area contributed by atoms with Crippen molar-refractivity contribution in [1.29, 1.82) is 0 Å². The molecule has 0 saturated carbocycles. The summed E-state index contributed by atoms with van der Waals surface area (Å²) < 4.78 is 5.25. The first-order valence-electron chi connectivity index (χ1n) is 9.13. The van der Waals surface area contributed by atoms with Gasteiger partial charge >= 0.3 is 0 Å². The maximum Gasteiger partial charge on any atom is 0.294 e. The number of aromatic amines is 1. The van der Waals surface area contributed by atoms with Gasteiger partial charge in [0.05, 0.1) is 17.9 Å². The largest absolute Gasteiger partial charge is 0.503 e. The van der Waals surface area contributed by atoms with Gasteiger partial charge in [-0.15, -0.1) is 0 Å². The summed E-state index contributed by atoms with van der Waals surface area (Å²) in [4.78, 5) is 30.9. The highest BCUT2D eigenvalue weighted by Gasteiger charge is 2.46. The predicted octanol–water partition coefficient (Wildman–Crippen LogP) is 4.54. The third kappa shape index (κ3) is 2.57. The number of aromatic nitrogens is 1.